The van der Waals surface area contributed by atoms with Crippen LogP contribution in [0.4, 0.5) is 5.69 Å². The zero-order valence-corrected chi connectivity index (χ0v) is 16.6. The first-order valence-electron chi connectivity index (χ1n) is 8.72. The summed E-state index contributed by atoms with van der Waals surface area (Å²) in [6, 6.07) is 9.93. The number of hydrogen-bond acceptors (Lipinski definition) is 7. The molecule has 9 heteroatoms. The number of nitrogens with zero attached hydrogens (tertiary/aromatic N) is 2. The second-order valence-corrected chi connectivity index (χ2v) is 7.20. The summed E-state index contributed by atoms with van der Waals surface area (Å²) >= 11 is 0. The van der Waals surface area contributed by atoms with E-state index >= 15 is 0 Å². The Morgan fingerprint density at radius 1 is 1.28 bits per heavy atom. The lowest BCUT2D eigenvalue weighted by Crippen LogP contribution is -2.24. The number of benzene rings is 2. The molecule has 2 aromatic rings. The Bertz CT molecular complexity index is 917. The lowest BCUT2D eigenvalue weighted by atomic mass is 9.87. The van der Waals surface area contributed by atoms with Gasteiger partial charge in [-0.25, -0.2) is 5.43 Å². The Kier molecular flexibility index (Phi) is 6.76. The predicted octanol–water partition coefficient (Wildman–Crippen LogP) is 3.14. The van der Waals surface area contributed by atoms with E-state index in [0.717, 1.165) is 11.6 Å². The summed E-state index contributed by atoms with van der Waals surface area (Å²) in [6.07, 6.45) is 1.20. The number of nitro benzene ring substituents is 1. The lowest BCUT2D eigenvalue weighted by molar-refractivity contribution is -0.386. The fourth-order valence-corrected chi connectivity index (χ4v) is 2.39. The summed E-state index contributed by atoms with van der Waals surface area (Å²) in [6.45, 7) is 6.07. The summed E-state index contributed by atoms with van der Waals surface area (Å²) in [5, 5.41) is 24.5. The Labute approximate surface area is 168 Å². The third-order valence-corrected chi connectivity index (χ3v) is 3.99. The molecule has 154 valence electrons. The molecule has 0 saturated heterocycles. The minimum absolute atomic E-state index is 0.0244. The van der Waals surface area contributed by atoms with Crippen molar-refractivity contribution in [3.63, 3.8) is 0 Å². The molecule has 0 saturated carbocycles. The number of phenols is 1. The van der Waals surface area contributed by atoms with Crippen LogP contribution in [0.5, 0.6) is 17.2 Å². The number of nitro groups is 1. The molecule has 29 heavy (non-hydrogen) atoms. The minimum atomic E-state index is -0.744. The van der Waals surface area contributed by atoms with Gasteiger partial charge in [0.2, 0.25) is 5.75 Å². The number of aromatic hydroxyl groups is 1. The Morgan fingerprint density at radius 3 is 2.48 bits per heavy atom. The van der Waals surface area contributed by atoms with Crippen LogP contribution in [0.3, 0.4) is 0 Å². The number of hydrazone groups is 1. The van der Waals surface area contributed by atoms with Crippen LogP contribution >= 0.6 is 0 Å². The smallest absolute Gasteiger partial charge is 0.315 e. The van der Waals surface area contributed by atoms with Gasteiger partial charge in [0.15, 0.2) is 12.4 Å². The molecule has 1 amide bonds. The molecule has 0 bridgehead atoms. The SMILES string of the molecule is COc1cc(C=NNC(=O)COc2ccc(C(C)(C)C)cc2)cc([N+](=O)[O-])c1O. The van der Waals surface area contributed by atoms with Gasteiger partial charge in [-0.05, 0) is 29.2 Å². The maximum Gasteiger partial charge on any atom is 0.315 e. The normalized spacial score (nSPS) is 11.3. The van der Waals surface area contributed by atoms with Crippen molar-refractivity contribution in [2.24, 2.45) is 5.10 Å². The van der Waals surface area contributed by atoms with Gasteiger partial charge in [-0.15, -0.1) is 0 Å². The second kappa shape index (κ2) is 9.05. The van der Waals surface area contributed by atoms with Gasteiger partial charge in [0, 0.05) is 11.6 Å². The number of carbonyl (C=O) groups excluding carboxylic acids is 1. The van der Waals surface area contributed by atoms with E-state index in [1.54, 1.807) is 12.1 Å². The van der Waals surface area contributed by atoms with Gasteiger partial charge in [-0.3, -0.25) is 14.9 Å². The van der Waals surface area contributed by atoms with Crippen LogP contribution in [0, 0.1) is 10.1 Å². The molecule has 0 aliphatic carbocycles. The molecule has 2 N–H and O–H groups in total. The molecule has 0 atom stereocenters. The zero-order valence-electron chi connectivity index (χ0n) is 16.6. The summed E-state index contributed by atoms with van der Waals surface area (Å²) in [4.78, 5) is 22.1. The van der Waals surface area contributed by atoms with Gasteiger partial charge in [0.25, 0.3) is 5.91 Å². The maximum absolute atomic E-state index is 11.9. The Balaban J connectivity index is 1.94. The van der Waals surface area contributed by atoms with Gasteiger partial charge in [0.1, 0.15) is 5.75 Å². The van der Waals surface area contributed by atoms with Crippen molar-refractivity contribution in [1.82, 2.24) is 5.43 Å². The molecule has 2 aromatic carbocycles. The van der Waals surface area contributed by atoms with Crippen molar-refractivity contribution in [1.29, 1.82) is 0 Å². The van der Waals surface area contributed by atoms with E-state index in [0.29, 0.717) is 5.75 Å². The molecule has 9 nitrogen and oxygen atoms in total. The number of nitrogens with one attached hydrogen (secondary N) is 1. The van der Waals surface area contributed by atoms with Crippen molar-refractivity contribution < 1.29 is 24.3 Å². The lowest BCUT2D eigenvalue weighted by Gasteiger charge is -2.19. The molecule has 0 aliphatic heterocycles. The van der Waals surface area contributed by atoms with Gasteiger partial charge in [-0.2, -0.15) is 5.10 Å². The minimum Gasteiger partial charge on any atom is -0.500 e. The third kappa shape index (κ3) is 5.93. The topological polar surface area (TPSA) is 123 Å². The van der Waals surface area contributed by atoms with Crippen molar-refractivity contribution >= 4 is 17.8 Å². The fraction of sp³-hybridized carbons (Fsp3) is 0.300. The predicted molar refractivity (Wildman–Crippen MR) is 108 cm³/mol. The second-order valence-electron chi connectivity index (χ2n) is 7.20. The van der Waals surface area contributed by atoms with Crippen LogP contribution in [0.1, 0.15) is 31.9 Å². The number of methoxy groups -OCH3 is 1. The van der Waals surface area contributed by atoms with Crippen LogP contribution in [0.25, 0.3) is 0 Å². The first kappa shape index (κ1) is 21.7. The quantitative estimate of drug-likeness (QED) is 0.417. The van der Waals surface area contributed by atoms with E-state index in [9.17, 15) is 20.0 Å². The Morgan fingerprint density at radius 2 is 1.93 bits per heavy atom. The van der Waals surface area contributed by atoms with Crippen molar-refractivity contribution in [3.05, 3.63) is 57.6 Å². The molecule has 0 fully saturated rings. The van der Waals surface area contributed by atoms with Crippen molar-refractivity contribution in [3.8, 4) is 17.2 Å². The van der Waals surface area contributed by atoms with Crippen molar-refractivity contribution in [2.75, 3.05) is 13.7 Å². The molecule has 0 heterocycles. The number of carbonyl (C=O) groups is 1. The van der Waals surface area contributed by atoms with Gasteiger partial charge in [-0.1, -0.05) is 32.9 Å². The summed E-state index contributed by atoms with van der Waals surface area (Å²) in [5.41, 5.74) is 3.19. The van der Waals surface area contributed by atoms with E-state index in [4.69, 9.17) is 9.47 Å². The average Bonchev–Trinajstić information content (AvgIpc) is 2.66. The van der Waals surface area contributed by atoms with Crippen molar-refractivity contribution in [2.45, 2.75) is 26.2 Å². The monoisotopic (exact) mass is 401 g/mol. The largest absolute Gasteiger partial charge is 0.500 e. The third-order valence-electron chi connectivity index (χ3n) is 3.99. The number of rotatable bonds is 7. The highest BCUT2D eigenvalue weighted by atomic mass is 16.6. The highest BCUT2D eigenvalue weighted by Gasteiger charge is 2.19. The molecule has 0 radical (unpaired) electrons. The van der Waals surface area contributed by atoms with Crippen LogP contribution in [-0.4, -0.2) is 35.9 Å². The number of ether oxygens (including phenoxy) is 2. The fourth-order valence-electron chi connectivity index (χ4n) is 2.39. The van der Waals surface area contributed by atoms with Gasteiger partial charge in [0.05, 0.1) is 18.2 Å². The van der Waals surface area contributed by atoms with E-state index < -0.39 is 22.3 Å². The maximum atomic E-state index is 11.9. The van der Waals surface area contributed by atoms with Crippen LogP contribution in [0.15, 0.2) is 41.5 Å². The summed E-state index contributed by atoms with van der Waals surface area (Å²) < 4.78 is 10.3. The van der Waals surface area contributed by atoms with Gasteiger partial charge >= 0.3 is 5.69 Å². The van der Waals surface area contributed by atoms with E-state index in [-0.39, 0.29) is 23.3 Å². The number of hydrogen-bond donors (Lipinski definition) is 2. The van der Waals surface area contributed by atoms with E-state index in [1.165, 1.54) is 19.4 Å². The first-order valence-corrected chi connectivity index (χ1v) is 8.72. The molecule has 0 spiro atoms. The molecular formula is C20H23N3O6. The Hall–Kier alpha value is -3.62. The highest BCUT2D eigenvalue weighted by Crippen LogP contribution is 2.36. The van der Waals surface area contributed by atoms with Crippen LogP contribution < -0.4 is 14.9 Å². The standard InChI is InChI=1S/C20H23N3O6/c1-20(2,3)14-5-7-15(8-6-14)29-12-18(24)22-21-11-13-9-16(23(26)27)19(25)17(10-13)28-4/h5-11,25H,12H2,1-4H3,(H,22,24). The number of amides is 1. The van der Waals surface area contributed by atoms with E-state index in [2.05, 4.69) is 31.3 Å². The van der Waals surface area contributed by atoms with Gasteiger partial charge < -0.3 is 14.6 Å². The number of phenolic OH excluding ortho intramolecular Hbond substituents is 1. The average molecular weight is 401 g/mol. The molecular weight excluding hydrogens is 378 g/mol. The molecule has 0 aliphatic rings. The zero-order chi connectivity index (χ0) is 21.6. The summed E-state index contributed by atoms with van der Waals surface area (Å²) in [7, 11) is 1.27. The molecule has 0 unspecified atom stereocenters. The molecule has 0 aromatic heterocycles. The van der Waals surface area contributed by atoms with Crippen LogP contribution in [0.2, 0.25) is 0 Å². The van der Waals surface area contributed by atoms with E-state index in [1.807, 2.05) is 12.1 Å². The first-order chi connectivity index (χ1) is 13.6. The summed E-state index contributed by atoms with van der Waals surface area (Å²) in [5.74, 6) is -0.601. The van der Waals surface area contributed by atoms with Crippen LogP contribution in [-0.2, 0) is 10.2 Å². The highest BCUT2D eigenvalue weighted by molar-refractivity contribution is 5.85. The molecule has 2 rings (SSSR count).